The summed E-state index contributed by atoms with van der Waals surface area (Å²) in [6, 6.07) is 4.15. The summed E-state index contributed by atoms with van der Waals surface area (Å²) in [6.07, 6.45) is 6.37. The van der Waals surface area contributed by atoms with Gasteiger partial charge in [-0.2, -0.15) is 5.06 Å². The lowest BCUT2D eigenvalue weighted by molar-refractivity contribution is -0.181. The Balaban J connectivity index is 1.50. The number of amides is 1. The maximum atomic E-state index is 12.3. The molecule has 0 saturated carbocycles. The first kappa shape index (κ1) is 18.3. The minimum atomic E-state index is 0.0660. The second-order valence-electron chi connectivity index (χ2n) is 6.47. The van der Waals surface area contributed by atoms with Gasteiger partial charge in [0, 0.05) is 51.5 Å². The number of pyridine rings is 1. The number of ether oxygens (including phenoxy) is 1. The molecule has 1 atom stereocenters. The largest absolute Gasteiger partial charge is 0.379 e. The molecule has 2 saturated heterocycles. The van der Waals surface area contributed by atoms with E-state index in [0.717, 1.165) is 57.9 Å². The summed E-state index contributed by atoms with van der Waals surface area (Å²) in [7, 11) is 0. The number of nitrogens with zero attached hydrogens (tertiary/aromatic N) is 3. The van der Waals surface area contributed by atoms with Gasteiger partial charge in [0.05, 0.1) is 25.9 Å². The number of carbonyl (C=O) groups excluding carboxylic acids is 1. The number of nitrogens with one attached hydrogen (secondary N) is 1. The number of carbonyl (C=O) groups is 1. The smallest absolute Gasteiger partial charge is 0.221 e. The highest BCUT2D eigenvalue weighted by molar-refractivity contribution is 5.76. The number of rotatable bonds is 7. The Bertz CT molecular complexity index is 516. The van der Waals surface area contributed by atoms with Crippen LogP contribution in [0.2, 0.25) is 0 Å². The van der Waals surface area contributed by atoms with Gasteiger partial charge in [-0.05, 0) is 24.5 Å². The summed E-state index contributed by atoms with van der Waals surface area (Å²) < 4.78 is 5.45. The molecule has 1 aromatic heterocycles. The molecule has 2 fully saturated rings. The van der Waals surface area contributed by atoms with Crippen LogP contribution < -0.4 is 5.32 Å². The Kier molecular flexibility index (Phi) is 7.17. The van der Waals surface area contributed by atoms with Crippen molar-refractivity contribution < 1.29 is 14.4 Å². The van der Waals surface area contributed by atoms with Gasteiger partial charge in [-0.3, -0.25) is 19.5 Å². The molecule has 1 amide bonds. The van der Waals surface area contributed by atoms with Crippen molar-refractivity contribution >= 4 is 5.91 Å². The van der Waals surface area contributed by atoms with Crippen molar-refractivity contribution in [3.05, 3.63) is 30.1 Å². The first-order chi connectivity index (χ1) is 12.3. The molecular weight excluding hydrogens is 320 g/mol. The van der Waals surface area contributed by atoms with Gasteiger partial charge >= 0.3 is 0 Å². The van der Waals surface area contributed by atoms with Gasteiger partial charge in [0.15, 0.2) is 0 Å². The molecule has 2 aliphatic heterocycles. The van der Waals surface area contributed by atoms with Crippen molar-refractivity contribution in [1.82, 2.24) is 20.3 Å². The average molecular weight is 348 g/mol. The molecule has 0 aromatic carbocycles. The van der Waals surface area contributed by atoms with Crippen LogP contribution in [0, 0.1) is 0 Å². The van der Waals surface area contributed by atoms with Crippen molar-refractivity contribution in [2.75, 3.05) is 52.5 Å². The van der Waals surface area contributed by atoms with Crippen LogP contribution >= 0.6 is 0 Å². The van der Waals surface area contributed by atoms with Crippen LogP contribution in [0.4, 0.5) is 0 Å². The van der Waals surface area contributed by atoms with Gasteiger partial charge in [0.2, 0.25) is 5.91 Å². The fourth-order valence-corrected chi connectivity index (χ4v) is 3.27. The zero-order chi connectivity index (χ0) is 17.3. The zero-order valence-electron chi connectivity index (χ0n) is 14.7. The topological polar surface area (TPSA) is 66.9 Å². The lowest BCUT2D eigenvalue weighted by atomic mass is 10.1. The summed E-state index contributed by atoms with van der Waals surface area (Å²) in [5.41, 5.74) is 1.13. The molecule has 2 aliphatic rings. The Hall–Kier alpha value is -1.54. The molecule has 0 spiro atoms. The highest BCUT2D eigenvalue weighted by atomic mass is 16.7. The zero-order valence-corrected chi connectivity index (χ0v) is 14.7. The lowest BCUT2D eigenvalue weighted by Gasteiger charge is -2.34. The van der Waals surface area contributed by atoms with Crippen LogP contribution in [0.15, 0.2) is 24.5 Å². The third kappa shape index (κ3) is 5.74. The normalized spacial score (nSPS) is 21.0. The van der Waals surface area contributed by atoms with E-state index in [0.29, 0.717) is 19.5 Å². The van der Waals surface area contributed by atoms with Crippen LogP contribution in [0.5, 0.6) is 0 Å². The van der Waals surface area contributed by atoms with Crippen LogP contribution in [0.25, 0.3) is 0 Å². The van der Waals surface area contributed by atoms with E-state index in [4.69, 9.17) is 9.57 Å². The molecular formula is C18H28N4O3. The molecule has 138 valence electrons. The third-order valence-corrected chi connectivity index (χ3v) is 4.71. The van der Waals surface area contributed by atoms with Gasteiger partial charge < -0.3 is 10.1 Å². The maximum absolute atomic E-state index is 12.3. The predicted molar refractivity (Wildman–Crippen MR) is 93.8 cm³/mol. The van der Waals surface area contributed by atoms with Crippen molar-refractivity contribution in [1.29, 1.82) is 0 Å². The Labute approximate surface area is 149 Å². The standard InChI is InChI=1S/C18H28N4O3/c23-18(5-8-22-7-1-2-11-25-22)20-15-17(16-4-3-6-19-14-16)21-9-12-24-13-10-21/h3-4,6,14,17H,1-2,5,7-13,15H2,(H,20,23). The molecule has 25 heavy (non-hydrogen) atoms. The number of morpholine rings is 1. The summed E-state index contributed by atoms with van der Waals surface area (Å²) >= 11 is 0. The fourth-order valence-electron chi connectivity index (χ4n) is 3.27. The third-order valence-electron chi connectivity index (χ3n) is 4.71. The Morgan fingerprint density at radius 2 is 2.12 bits per heavy atom. The minimum Gasteiger partial charge on any atom is -0.379 e. The summed E-state index contributed by atoms with van der Waals surface area (Å²) in [5, 5.41) is 4.99. The first-order valence-corrected chi connectivity index (χ1v) is 9.19. The van der Waals surface area contributed by atoms with Crippen LogP contribution in [0.1, 0.15) is 30.9 Å². The van der Waals surface area contributed by atoms with E-state index < -0.39 is 0 Å². The van der Waals surface area contributed by atoms with Crippen LogP contribution in [-0.2, 0) is 14.4 Å². The van der Waals surface area contributed by atoms with E-state index in [-0.39, 0.29) is 11.9 Å². The Morgan fingerprint density at radius 3 is 2.84 bits per heavy atom. The van der Waals surface area contributed by atoms with Crippen LogP contribution in [-0.4, -0.2) is 73.4 Å². The molecule has 0 bridgehead atoms. The molecule has 0 radical (unpaired) electrons. The monoisotopic (exact) mass is 348 g/mol. The SMILES string of the molecule is O=C(CCN1CCCCO1)NCC(c1cccnc1)N1CCOCC1. The lowest BCUT2D eigenvalue weighted by Crippen LogP contribution is -2.44. The molecule has 1 N–H and O–H groups in total. The first-order valence-electron chi connectivity index (χ1n) is 9.19. The summed E-state index contributed by atoms with van der Waals surface area (Å²) in [4.78, 5) is 24.4. The van der Waals surface area contributed by atoms with Gasteiger partial charge in [0.25, 0.3) is 0 Å². The highest BCUT2D eigenvalue weighted by Crippen LogP contribution is 2.20. The fraction of sp³-hybridized carbons (Fsp3) is 0.667. The average Bonchev–Trinajstić information content (AvgIpc) is 2.69. The number of hydrogen-bond acceptors (Lipinski definition) is 6. The maximum Gasteiger partial charge on any atom is 0.221 e. The molecule has 7 heteroatoms. The number of aromatic nitrogens is 1. The number of hydrogen-bond donors (Lipinski definition) is 1. The molecule has 0 aliphatic carbocycles. The Morgan fingerprint density at radius 1 is 1.24 bits per heavy atom. The molecule has 3 heterocycles. The van der Waals surface area contributed by atoms with Gasteiger partial charge in [-0.25, -0.2) is 0 Å². The van der Waals surface area contributed by atoms with Gasteiger partial charge in [-0.15, -0.1) is 0 Å². The van der Waals surface area contributed by atoms with E-state index in [1.165, 1.54) is 0 Å². The van der Waals surface area contributed by atoms with Gasteiger partial charge in [0.1, 0.15) is 0 Å². The van der Waals surface area contributed by atoms with E-state index in [2.05, 4.69) is 21.3 Å². The molecule has 1 aromatic rings. The highest BCUT2D eigenvalue weighted by Gasteiger charge is 2.23. The summed E-state index contributed by atoms with van der Waals surface area (Å²) in [5.74, 6) is 0.0660. The summed E-state index contributed by atoms with van der Waals surface area (Å²) in [6.45, 7) is 6.13. The molecule has 3 rings (SSSR count). The predicted octanol–water partition coefficient (Wildman–Crippen LogP) is 0.989. The van der Waals surface area contributed by atoms with Crippen molar-refractivity contribution in [3.63, 3.8) is 0 Å². The quantitative estimate of drug-likeness (QED) is 0.793. The van der Waals surface area contributed by atoms with E-state index in [1.807, 2.05) is 17.3 Å². The van der Waals surface area contributed by atoms with E-state index in [9.17, 15) is 4.79 Å². The van der Waals surface area contributed by atoms with Crippen molar-refractivity contribution in [3.8, 4) is 0 Å². The molecule has 7 nitrogen and oxygen atoms in total. The van der Waals surface area contributed by atoms with Crippen molar-refractivity contribution in [2.24, 2.45) is 0 Å². The van der Waals surface area contributed by atoms with E-state index >= 15 is 0 Å². The second kappa shape index (κ2) is 9.82. The second-order valence-corrected chi connectivity index (χ2v) is 6.47. The van der Waals surface area contributed by atoms with E-state index in [1.54, 1.807) is 6.20 Å². The van der Waals surface area contributed by atoms with Crippen LogP contribution in [0.3, 0.4) is 0 Å². The van der Waals surface area contributed by atoms with Crippen molar-refractivity contribution in [2.45, 2.75) is 25.3 Å². The van der Waals surface area contributed by atoms with Gasteiger partial charge in [-0.1, -0.05) is 6.07 Å². The number of hydroxylamine groups is 2. The molecule has 1 unspecified atom stereocenters. The minimum absolute atomic E-state index is 0.0660.